The van der Waals surface area contributed by atoms with Crippen molar-refractivity contribution in [2.75, 3.05) is 19.6 Å². The average molecular weight is 347 g/mol. The molecule has 2 aromatic carbocycles. The van der Waals surface area contributed by atoms with Gasteiger partial charge in [0.05, 0.1) is 6.54 Å². The van der Waals surface area contributed by atoms with Gasteiger partial charge in [-0.25, -0.2) is 0 Å². The fraction of sp³-hybridized carbons (Fsp3) is 0.318. The summed E-state index contributed by atoms with van der Waals surface area (Å²) in [6.07, 6.45) is 4.66. The zero-order valence-electron chi connectivity index (χ0n) is 14.9. The molecule has 0 aliphatic heterocycles. The Labute approximate surface area is 154 Å². The summed E-state index contributed by atoms with van der Waals surface area (Å²) in [5.74, 6) is 0.970. The van der Waals surface area contributed by atoms with Gasteiger partial charge >= 0.3 is 0 Å². The average Bonchev–Trinajstić information content (AvgIpc) is 3.41. The Bertz CT molecular complexity index is 867. The minimum atomic E-state index is 0.0615. The van der Waals surface area contributed by atoms with Gasteiger partial charge in [0.2, 0.25) is 5.91 Å². The molecule has 26 heavy (non-hydrogen) atoms. The van der Waals surface area contributed by atoms with Crippen molar-refractivity contribution in [3.8, 4) is 0 Å². The molecule has 0 radical (unpaired) electrons. The molecular weight excluding hydrogens is 322 g/mol. The first-order valence-electron chi connectivity index (χ1n) is 9.39. The molecule has 1 saturated carbocycles. The summed E-state index contributed by atoms with van der Waals surface area (Å²) >= 11 is 0. The van der Waals surface area contributed by atoms with Gasteiger partial charge in [-0.15, -0.1) is 0 Å². The third-order valence-electron chi connectivity index (χ3n) is 5.12. The standard InChI is InChI=1S/C22H25N3O/c26-22(15-23-12-16-10-11-16)25-13-19(17-6-2-1-3-7-17)20-14-24-21-9-5-4-8-18(20)21/h1-9,14,16,19,23-24H,10-13,15H2,(H,25,26). The van der Waals surface area contributed by atoms with Crippen LogP contribution in [0.4, 0.5) is 0 Å². The molecule has 0 spiro atoms. The Morgan fingerprint density at radius 2 is 1.85 bits per heavy atom. The maximum Gasteiger partial charge on any atom is 0.233 e. The summed E-state index contributed by atoms with van der Waals surface area (Å²) in [5.41, 5.74) is 3.56. The highest BCUT2D eigenvalue weighted by atomic mass is 16.1. The summed E-state index contributed by atoms with van der Waals surface area (Å²) in [4.78, 5) is 15.6. The normalized spacial score (nSPS) is 15.1. The van der Waals surface area contributed by atoms with Gasteiger partial charge < -0.3 is 15.6 Å². The zero-order chi connectivity index (χ0) is 17.8. The van der Waals surface area contributed by atoms with Gasteiger partial charge in [-0.1, -0.05) is 48.5 Å². The minimum Gasteiger partial charge on any atom is -0.361 e. The van der Waals surface area contributed by atoms with Gasteiger partial charge in [0.15, 0.2) is 0 Å². The van der Waals surface area contributed by atoms with E-state index in [4.69, 9.17) is 0 Å². The number of aromatic amines is 1. The van der Waals surface area contributed by atoms with E-state index in [2.05, 4.69) is 64.3 Å². The summed E-state index contributed by atoms with van der Waals surface area (Å²) in [5, 5.41) is 7.58. The predicted octanol–water partition coefficient (Wildman–Crippen LogP) is 3.42. The molecule has 1 aliphatic rings. The van der Waals surface area contributed by atoms with Crippen molar-refractivity contribution in [3.05, 3.63) is 71.9 Å². The molecule has 1 aliphatic carbocycles. The maximum absolute atomic E-state index is 12.2. The second kappa shape index (κ2) is 7.75. The van der Waals surface area contributed by atoms with Crippen LogP contribution in [-0.4, -0.2) is 30.5 Å². The second-order valence-corrected chi connectivity index (χ2v) is 7.13. The maximum atomic E-state index is 12.2. The highest BCUT2D eigenvalue weighted by Crippen LogP contribution is 2.30. The first-order chi connectivity index (χ1) is 12.8. The Morgan fingerprint density at radius 1 is 1.08 bits per heavy atom. The molecule has 134 valence electrons. The van der Waals surface area contributed by atoms with Crippen LogP contribution in [0.3, 0.4) is 0 Å². The van der Waals surface area contributed by atoms with Crippen LogP contribution in [0.2, 0.25) is 0 Å². The molecular formula is C22H25N3O. The Hall–Kier alpha value is -2.59. The van der Waals surface area contributed by atoms with Crippen LogP contribution < -0.4 is 10.6 Å². The lowest BCUT2D eigenvalue weighted by Crippen LogP contribution is -2.37. The van der Waals surface area contributed by atoms with Crippen LogP contribution in [0.1, 0.15) is 29.9 Å². The van der Waals surface area contributed by atoms with E-state index in [0.717, 1.165) is 18.0 Å². The lowest BCUT2D eigenvalue weighted by molar-refractivity contribution is -0.120. The third kappa shape index (κ3) is 3.97. The Kier molecular flexibility index (Phi) is 5.02. The molecule has 4 rings (SSSR count). The van der Waals surface area contributed by atoms with Gasteiger partial charge in [-0.05, 0) is 42.5 Å². The van der Waals surface area contributed by atoms with Crippen LogP contribution in [0.5, 0.6) is 0 Å². The van der Waals surface area contributed by atoms with Crippen LogP contribution in [0.25, 0.3) is 10.9 Å². The lowest BCUT2D eigenvalue weighted by Gasteiger charge is -2.18. The van der Waals surface area contributed by atoms with Crippen LogP contribution in [0, 0.1) is 5.92 Å². The van der Waals surface area contributed by atoms with Gasteiger partial charge in [-0.2, -0.15) is 0 Å². The number of amides is 1. The molecule has 4 nitrogen and oxygen atoms in total. The smallest absolute Gasteiger partial charge is 0.233 e. The molecule has 1 unspecified atom stereocenters. The molecule has 3 N–H and O–H groups in total. The molecule has 1 fully saturated rings. The van der Waals surface area contributed by atoms with Crippen molar-refractivity contribution in [1.29, 1.82) is 0 Å². The highest BCUT2D eigenvalue weighted by Gasteiger charge is 2.21. The number of hydrogen-bond acceptors (Lipinski definition) is 2. The predicted molar refractivity (Wildman–Crippen MR) is 105 cm³/mol. The zero-order valence-corrected chi connectivity index (χ0v) is 14.9. The number of H-pyrrole nitrogens is 1. The molecule has 1 atom stereocenters. The number of carbonyl (C=O) groups is 1. The molecule has 1 aromatic heterocycles. The van der Waals surface area contributed by atoms with Gasteiger partial charge in [0, 0.05) is 29.6 Å². The van der Waals surface area contributed by atoms with Crippen molar-refractivity contribution in [2.24, 2.45) is 5.92 Å². The van der Waals surface area contributed by atoms with Crippen LogP contribution in [0.15, 0.2) is 60.8 Å². The summed E-state index contributed by atoms with van der Waals surface area (Å²) < 4.78 is 0. The summed E-state index contributed by atoms with van der Waals surface area (Å²) in [6, 6.07) is 18.7. The quantitative estimate of drug-likeness (QED) is 0.585. The Balaban J connectivity index is 1.49. The SMILES string of the molecule is O=C(CNCC1CC1)NCC(c1ccccc1)c1c[nH]c2ccccc12. The van der Waals surface area contributed by atoms with E-state index in [9.17, 15) is 4.79 Å². The molecule has 1 heterocycles. The number of rotatable bonds is 8. The summed E-state index contributed by atoms with van der Waals surface area (Å²) in [7, 11) is 0. The fourth-order valence-electron chi connectivity index (χ4n) is 3.47. The molecule has 3 aromatic rings. The molecule has 1 amide bonds. The second-order valence-electron chi connectivity index (χ2n) is 7.13. The first kappa shape index (κ1) is 16.9. The van der Waals surface area contributed by atoms with Gasteiger partial charge in [0.25, 0.3) is 0 Å². The van der Waals surface area contributed by atoms with E-state index < -0.39 is 0 Å². The number of fused-ring (bicyclic) bond motifs is 1. The van der Waals surface area contributed by atoms with Gasteiger partial charge in [-0.3, -0.25) is 4.79 Å². The number of nitrogens with one attached hydrogen (secondary N) is 3. The number of para-hydroxylation sites is 1. The fourth-order valence-corrected chi connectivity index (χ4v) is 3.47. The first-order valence-corrected chi connectivity index (χ1v) is 9.39. The number of aromatic nitrogens is 1. The van der Waals surface area contributed by atoms with E-state index in [1.54, 1.807) is 0 Å². The van der Waals surface area contributed by atoms with Gasteiger partial charge in [0.1, 0.15) is 0 Å². The van der Waals surface area contributed by atoms with Crippen molar-refractivity contribution in [3.63, 3.8) is 0 Å². The van der Waals surface area contributed by atoms with E-state index in [0.29, 0.717) is 13.1 Å². The number of carbonyl (C=O) groups excluding carboxylic acids is 1. The van der Waals surface area contributed by atoms with Crippen molar-refractivity contribution in [2.45, 2.75) is 18.8 Å². The van der Waals surface area contributed by atoms with Crippen LogP contribution >= 0.6 is 0 Å². The summed E-state index contributed by atoms with van der Waals surface area (Å²) in [6.45, 7) is 1.94. The number of benzene rings is 2. The Morgan fingerprint density at radius 3 is 2.65 bits per heavy atom. The highest BCUT2D eigenvalue weighted by molar-refractivity contribution is 5.84. The van der Waals surface area contributed by atoms with Crippen molar-refractivity contribution < 1.29 is 4.79 Å². The molecule has 0 saturated heterocycles. The molecule has 0 bridgehead atoms. The molecule has 4 heteroatoms. The van der Waals surface area contributed by atoms with Crippen molar-refractivity contribution in [1.82, 2.24) is 15.6 Å². The van der Waals surface area contributed by atoms with E-state index in [1.807, 2.05) is 12.1 Å². The monoisotopic (exact) mass is 347 g/mol. The van der Waals surface area contributed by atoms with Crippen LogP contribution in [-0.2, 0) is 4.79 Å². The largest absolute Gasteiger partial charge is 0.361 e. The topological polar surface area (TPSA) is 56.9 Å². The van der Waals surface area contributed by atoms with E-state index in [-0.39, 0.29) is 11.8 Å². The lowest BCUT2D eigenvalue weighted by atomic mass is 9.91. The van der Waals surface area contributed by atoms with Crippen molar-refractivity contribution >= 4 is 16.8 Å². The third-order valence-corrected chi connectivity index (χ3v) is 5.12. The van der Waals surface area contributed by atoms with E-state index >= 15 is 0 Å². The minimum absolute atomic E-state index is 0.0615. The number of hydrogen-bond donors (Lipinski definition) is 3. The van der Waals surface area contributed by atoms with E-state index in [1.165, 1.54) is 29.4 Å².